The monoisotopic (exact) mass is 575 g/mol. The summed E-state index contributed by atoms with van der Waals surface area (Å²) < 4.78 is 21.4. The van der Waals surface area contributed by atoms with E-state index in [0.29, 0.717) is 23.9 Å². The van der Waals surface area contributed by atoms with Crippen molar-refractivity contribution >= 4 is 65.1 Å². The molecule has 0 fully saturated rings. The zero-order valence-electron chi connectivity index (χ0n) is 13.9. The molecule has 0 aliphatic carbocycles. The van der Waals surface area contributed by atoms with Gasteiger partial charge in [-0.2, -0.15) is 0 Å². The molecule has 3 rings (SSSR count). The number of anilines is 1. The van der Waals surface area contributed by atoms with Crippen molar-refractivity contribution in [1.29, 1.82) is 0 Å². The summed E-state index contributed by atoms with van der Waals surface area (Å²) in [5, 5.41) is 4.00. The molecule has 0 aliphatic rings. The van der Waals surface area contributed by atoms with Gasteiger partial charge in [-0.15, -0.1) is 0 Å². The van der Waals surface area contributed by atoms with Gasteiger partial charge < -0.3 is 10.1 Å². The summed E-state index contributed by atoms with van der Waals surface area (Å²) in [5.41, 5.74) is 2.90. The van der Waals surface area contributed by atoms with Crippen LogP contribution in [0.1, 0.15) is 11.1 Å². The van der Waals surface area contributed by atoms with Crippen LogP contribution in [0, 0.1) is 5.82 Å². The Bertz CT molecular complexity index is 927. The van der Waals surface area contributed by atoms with Gasteiger partial charge in [0.15, 0.2) is 0 Å². The van der Waals surface area contributed by atoms with Gasteiger partial charge >= 0.3 is 0 Å². The van der Waals surface area contributed by atoms with E-state index in [2.05, 4.69) is 53.1 Å². The van der Waals surface area contributed by atoms with Crippen LogP contribution in [0.2, 0.25) is 5.02 Å². The van der Waals surface area contributed by atoms with E-state index in [1.54, 1.807) is 12.1 Å². The Morgan fingerprint density at radius 2 is 1.52 bits per heavy atom. The van der Waals surface area contributed by atoms with Crippen LogP contribution < -0.4 is 10.1 Å². The van der Waals surface area contributed by atoms with E-state index >= 15 is 0 Å². The van der Waals surface area contributed by atoms with Crippen molar-refractivity contribution in [2.24, 2.45) is 0 Å². The van der Waals surface area contributed by atoms with Gasteiger partial charge in [0.25, 0.3) is 0 Å². The fraction of sp³-hybridized carbons (Fsp3) is 0.100. The molecular weight excluding hydrogens is 564 g/mol. The van der Waals surface area contributed by atoms with E-state index in [0.717, 1.165) is 30.2 Å². The molecule has 0 aromatic heterocycles. The smallest absolute Gasteiger partial charge is 0.148 e. The molecule has 2 nitrogen and oxygen atoms in total. The van der Waals surface area contributed by atoms with Crippen LogP contribution >= 0.6 is 59.4 Å². The Morgan fingerprint density at radius 1 is 0.852 bits per heavy atom. The van der Waals surface area contributed by atoms with Crippen LogP contribution in [0.25, 0.3) is 0 Å². The topological polar surface area (TPSA) is 21.3 Å². The molecule has 0 unspecified atom stereocenters. The third-order valence-electron chi connectivity index (χ3n) is 3.77. The molecule has 1 N–H and O–H groups in total. The van der Waals surface area contributed by atoms with Crippen LogP contribution in [-0.2, 0) is 13.2 Å². The second-order valence-corrected chi connectivity index (χ2v) is 8.76. The van der Waals surface area contributed by atoms with Crippen molar-refractivity contribution < 1.29 is 9.13 Å². The molecule has 0 spiro atoms. The predicted octanol–water partition coefficient (Wildman–Crippen LogP) is 7.96. The molecule has 0 radical (unpaired) electrons. The van der Waals surface area contributed by atoms with Gasteiger partial charge in [0.2, 0.25) is 0 Å². The fourth-order valence-corrected chi connectivity index (χ4v) is 4.34. The fourth-order valence-electron chi connectivity index (χ4n) is 2.40. The Labute approximate surface area is 187 Å². The first-order valence-electron chi connectivity index (χ1n) is 7.96. The van der Waals surface area contributed by atoms with Crippen molar-refractivity contribution in [2.75, 3.05) is 5.32 Å². The normalized spacial score (nSPS) is 10.7. The molecule has 7 heteroatoms. The predicted molar refractivity (Wildman–Crippen MR) is 119 cm³/mol. The maximum absolute atomic E-state index is 13.0. The summed E-state index contributed by atoms with van der Waals surface area (Å²) in [5.74, 6) is 0.444. The molecule has 140 valence electrons. The van der Waals surface area contributed by atoms with Crippen molar-refractivity contribution in [3.8, 4) is 5.75 Å². The molecule has 27 heavy (non-hydrogen) atoms. The van der Waals surface area contributed by atoms with Gasteiger partial charge in [-0.1, -0.05) is 23.7 Å². The number of benzene rings is 3. The van der Waals surface area contributed by atoms with Gasteiger partial charge in [0, 0.05) is 16.7 Å². The zero-order valence-corrected chi connectivity index (χ0v) is 19.4. The first kappa shape index (κ1) is 20.6. The molecule has 3 aromatic rings. The van der Waals surface area contributed by atoms with E-state index in [9.17, 15) is 4.39 Å². The van der Waals surface area contributed by atoms with Crippen molar-refractivity contribution in [1.82, 2.24) is 0 Å². The maximum atomic E-state index is 13.0. The van der Waals surface area contributed by atoms with Gasteiger partial charge in [-0.25, -0.2) is 4.39 Å². The van der Waals surface area contributed by atoms with Crippen LogP contribution in [0.15, 0.2) is 68.0 Å². The highest BCUT2D eigenvalue weighted by atomic mass is 79.9. The zero-order chi connectivity index (χ0) is 19.4. The van der Waals surface area contributed by atoms with Gasteiger partial charge in [0.05, 0.1) is 14.0 Å². The number of rotatable bonds is 6. The average molecular weight is 579 g/mol. The third-order valence-corrected chi connectivity index (χ3v) is 6.18. The van der Waals surface area contributed by atoms with E-state index in [1.807, 2.05) is 30.3 Å². The van der Waals surface area contributed by atoms with Crippen LogP contribution in [0.3, 0.4) is 0 Å². The minimum Gasteiger partial charge on any atom is -0.487 e. The minimum atomic E-state index is -0.259. The number of halogens is 5. The molecule has 0 saturated heterocycles. The largest absolute Gasteiger partial charge is 0.487 e. The maximum Gasteiger partial charge on any atom is 0.148 e. The highest BCUT2D eigenvalue weighted by Crippen LogP contribution is 2.35. The summed E-state index contributed by atoms with van der Waals surface area (Å²) in [7, 11) is 0. The SMILES string of the molecule is Fc1ccc(COc2c(Br)cc(CNc3ccc(Br)c(Cl)c3)cc2Br)cc1. The lowest BCUT2D eigenvalue weighted by atomic mass is 10.2. The van der Waals surface area contributed by atoms with E-state index in [-0.39, 0.29) is 5.82 Å². The van der Waals surface area contributed by atoms with E-state index in [4.69, 9.17) is 16.3 Å². The number of hydrogen-bond donors (Lipinski definition) is 1. The molecule has 0 saturated carbocycles. The second-order valence-electron chi connectivity index (χ2n) is 5.79. The summed E-state index contributed by atoms with van der Waals surface area (Å²) in [6.45, 7) is 0.986. The summed E-state index contributed by atoms with van der Waals surface area (Å²) in [4.78, 5) is 0. The van der Waals surface area contributed by atoms with Crippen molar-refractivity contribution in [2.45, 2.75) is 13.2 Å². The first-order chi connectivity index (χ1) is 12.9. The second kappa shape index (κ2) is 9.41. The van der Waals surface area contributed by atoms with Crippen molar-refractivity contribution in [3.05, 3.63) is 90.0 Å². The van der Waals surface area contributed by atoms with Gasteiger partial charge in [-0.05, 0) is 101 Å². The van der Waals surface area contributed by atoms with Crippen LogP contribution in [0.4, 0.5) is 10.1 Å². The van der Waals surface area contributed by atoms with E-state index in [1.165, 1.54) is 12.1 Å². The Morgan fingerprint density at radius 3 is 2.15 bits per heavy atom. The third kappa shape index (κ3) is 5.70. The molecule has 0 amide bonds. The van der Waals surface area contributed by atoms with Crippen molar-refractivity contribution in [3.63, 3.8) is 0 Å². The standard InChI is InChI=1S/C20H14Br3ClFNO/c21-16-6-5-15(9-19(16)24)26-10-13-7-17(22)20(18(23)8-13)27-11-12-1-3-14(25)4-2-12/h1-9,26H,10-11H2. The first-order valence-corrected chi connectivity index (χ1v) is 10.7. The van der Waals surface area contributed by atoms with Crippen LogP contribution in [-0.4, -0.2) is 0 Å². The lowest BCUT2D eigenvalue weighted by Crippen LogP contribution is -2.01. The molecule has 0 aliphatic heterocycles. The number of ether oxygens (including phenoxy) is 1. The highest BCUT2D eigenvalue weighted by molar-refractivity contribution is 9.11. The summed E-state index contributed by atoms with van der Waals surface area (Å²) in [6.07, 6.45) is 0. The summed E-state index contributed by atoms with van der Waals surface area (Å²) in [6, 6.07) is 16.0. The molecular formula is C20H14Br3ClFNO. The summed E-state index contributed by atoms with van der Waals surface area (Å²) >= 11 is 16.6. The van der Waals surface area contributed by atoms with Gasteiger partial charge in [-0.3, -0.25) is 0 Å². The quantitative estimate of drug-likeness (QED) is 0.321. The lowest BCUT2D eigenvalue weighted by molar-refractivity contribution is 0.302. The molecule has 0 atom stereocenters. The minimum absolute atomic E-state index is 0.259. The highest BCUT2D eigenvalue weighted by Gasteiger charge is 2.10. The molecule has 0 bridgehead atoms. The Kier molecular flexibility index (Phi) is 7.20. The van der Waals surface area contributed by atoms with Crippen LogP contribution in [0.5, 0.6) is 5.75 Å². The Balaban J connectivity index is 1.66. The number of hydrogen-bond acceptors (Lipinski definition) is 2. The molecule has 0 heterocycles. The Hall–Kier alpha value is -1.08. The average Bonchev–Trinajstić information content (AvgIpc) is 2.63. The molecule has 3 aromatic carbocycles. The number of nitrogens with one attached hydrogen (secondary N) is 1. The van der Waals surface area contributed by atoms with E-state index < -0.39 is 0 Å². The lowest BCUT2D eigenvalue weighted by Gasteiger charge is -2.13. The van der Waals surface area contributed by atoms with Gasteiger partial charge in [0.1, 0.15) is 18.2 Å².